The smallest absolute Gasteiger partial charge is 0.0431 e. The Hall–Kier alpha value is -1.06. The van der Waals surface area contributed by atoms with Crippen LogP contribution < -0.4 is 10.6 Å². The van der Waals surface area contributed by atoms with E-state index in [0.29, 0.717) is 12.1 Å². The van der Waals surface area contributed by atoms with Gasteiger partial charge < -0.3 is 15.5 Å². The minimum absolute atomic E-state index is 0.528. The molecule has 1 aliphatic rings. The Balaban J connectivity index is 2.25. The Morgan fingerprint density at radius 2 is 2.00 bits per heavy atom. The molecule has 0 saturated carbocycles. The van der Waals surface area contributed by atoms with Gasteiger partial charge in [-0.15, -0.1) is 0 Å². The number of para-hydroxylation sites is 1. The van der Waals surface area contributed by atoms with Gasteiger partial charge in [0.2, 0.25) is 0 Å². The summed E-state index contributed by atoms with van der Waals surface area (Å²) in [5.74, 6) is 0. The number of nitrogens with zero attached hydrogens (tertiary/aromatic N) is 2. The molecular formula is C15H25N3. The molecule has 2 atom stereocenters. The van der Waals surface area contributed by atoms with Crippen LogP contribution in [-0.4, -0.2) is 43.7 Å². The van der Waals surface area contributed by atoms with Crippen molar-refractivity contribution < 1.29 is 0 Å². The molecule has 1 aliphatic heterocycles. The SMILES string of the molecule is CC1CCN(C)CC(CCN)N1c1ccccc1. The maximum atomic E-state index is 5.80. The normalized spacial score (nSPS) is 26.1. The van der Waals surface area contributed by atoms with E-state index in [2.05, 4.69) is 54.1 Å². The van der Waals surface area contributed by atoms with E-state index in [4.69, 9.17) is 5.73 Å². The van der Waals surface area contributed by atoms with E-state index >= 15 is 0 Å². The highest BCUT2D eigenvalue weighted by molar-refractivity contribution is 5.48. The van der Waals surface area contributed by atoms with Crippen LogP contribution in [0.2, 0.25) is 0 Å². The van der Waals surface area contributed by atoms with Crippen molar-refractivity contribution >= 4 is 5.69 Å². The first-order valence-electron chi connectivity index (χ1n) is 6.94. The summed E-state index contributed by atoms with van der Waals surface area (Å²) < 4.78 is 0. The highest BCUT2D eigenvalue weighted by Crippen LogP contribution is 2.25. The maximum absolute atomic E-state index is 5.80. The number of benzene rings is 1. The minimum Gasteiger partial charge on any atom is -0.364 e. The molecule has 1 aromatic carbocycles. The van der Waals surface area contributed by atoms with Crippen LogP contribution >= 0.6 is 0 Å². The van der Waals surface area contributed by atoms with Gasteiger partial charge in [-0.25, -0.2) is 0 Å². The second-order valence-corrected chi connectivity index (χ2v) is 5.37. The summed E-state index contributed by atoms with van der Waals surface area (Å²) in [7, 11) is 2.21. The molecule has 1 aromatic rings. The largest absolute Gasteiger partial charge is 0.364 e. The molecule has 1 saturated heterocycles. The van der Waals surface area contributed by atoms with Crippen molar-refractivity contribution in [3.05, 3.63) is 30.3 Å². The molecule has 0 spiro atoms. The number of anilines is 1. The molecule has 18 heavy (non-hydrogen) atoms. The van der Waals surface area contributed by atoms with Crippen molar-refractivity contribution in [3.63, 3.8) is 0 Å². The third-order valence-corrected chi connectivity index (χ3v) is 3.87. The van der Waals surface area contributed by atoms with E-state index in [-0.39, 0.29) is 0 Å². The van der Waals surface area contributed by atoms with Gasteiger partial charge in [-0.05, 0) is 52.0 Å². The average molecular weight is 247 g/mol. The molecule has 3 heteroatoms. The molecule has 0 radical (unpaired) electrons. The minimum atomic E-state index is 0.528. The molecular weight excluding hydrogens is 222 g/mol. The van der Waals surface area contributed by atoms with E-state index in [1.807, 2.05) is 0 Å². The molecule has 2 rings (SSSR count). The second-order valence-electron chi connectivity index (χ2n) is 5.37. The van der Waals surface area contributed by atoms with Gasteiger partial charge in [-0.1, -0.05) is 18.2 Å². The van der Waals surface area contributed by atoms with Gasteiger partial charge in [0.15, 0.2) is 0 Å². The molecule has 0 bridgehead atoms. The van der Waals surface area contributed by atoms with Crippen LogP contribution in [0.4, 0.5) is 5.69 Å². The number of nitrogens with two attached hydrogens (primary N) is 1. The number of hydrogen-bond acceptors (Lipinski definition) is 3. The van der Waals surface area contributed by atoms with Gasteiger partial charge in [0.05, 0.1) is 0 Å². The van der Waals surface area contributed by atoms with Crippen molar-refractivity contribution in [2.24, 2.45) is 5.73 Å². The summed E-state index contributed by atoms with van der Waals surface area (Å²) in [6.45, 7) is 5.37. The van der Waals surface area contributed by atoms with Crippen LogP contribution in [0, 0.1) is 0 Å². The fraction of sp³-hybridized carbons (Fsp3) is 0.600. The number of likely N-dealkylation sites (N-methyl/N-ethyl adjacent to an activating group) is 1. The number of hydrogen-bond donors (Lipinski definition) is 1. The second kappa shape index (κ2) is 6.21. The average Bonchev–Trinajstić information content (AvgIpc) is 2.51. The van der Waals surface area contributed by atoms with Gasteiger partial charge in [0.25, 0.3) is 0 Å². The van der Waals surface area contributed by atoms with Crippen molar-refractivity contribution in [2.45, 2.75) is 31.8 Å². The first kappa shape index (κ1) is 13.4. The molecule has 100 valence electrons. The Kier molecular flexibility index (Phi) is 4.61. The zero-order valence-corrected chi connectivity index (χ0v) is 11.5. The van der Waals surface area contributed by atoms with Gasteiger partial charge in [-0.3, -0.25) is 0 Å². The monoisotopic (exact) mass is 247 g/mol. The molecule has 2 N–H and O–H groups in total. The lowest BCUT2D eigenvalue weighted by Gasteiger charge is -2.37. The summed E-state index contributed by atoms with van der Waals surface area (Å²) in [6, 6.07) is 11.9. The first-order valence-corrected chi connectivity index (χ1v) is 6.94. The molecule has 2 unspecified atom stereocenters. The van der Waals surface area contributed by atoms with E-state index in [1.165, 1.54) is 18.7 Å². The summed E-state index contributed by atoms with van der Waals surface area (Å²) in [6.07, 6.45) is 2.27. The summed E-state index contributed by atoms with van der Waals surface area (Å²) in [5.41, 5.74) is 7.13. The van der Waals surface area contributed by atoms with Gasteiger partial charge in [0, 0.05) is 24.3 Å². The van der Waals surface area contributed by atoms with Gasteiger partial charge >= 0.3 is 0 Å². The molecule has 0 amide bonds. The van der Waals surface area contributed by atoms with Crippen LogP contribution in [0.3, 0.4) is 0 Å². The van der Waals surface area contributed by atoms with Crippen LogP contribution in [0.15, 0.2) is 30.3 Å². The summed E-state index contributed by atoms with van der Waals surface area (Å²) in [5, 5.41) is 0. The maximum Gasteiger partial charge on any atom is 0.0431 e. The van der Waals surface area contributed by atoms with Crippen LogP contribution in [0.1, 0.15) is 19.8 Å². The summed E-state index contributed by atoms with van der Waals surface area (Å²) >= 11 is 0. The van der Waals surface area contributed by atoms with E-state index in [1.54, 1.807) is 0 Å². The Morgan fingerprint density at radius 1 is 1.28 bits per heavy atom. The highest BCUT2D eigenvalue weighted by atomic mass is 15.3. The third kappa shape index (κ3) is 3.03. The van der Waals surface area contributed by atoms with E-state index in [9.17, 15) is 0 Å². The van der Waals surface area contributed by atoms with Crippen molar-refractivity contribution in [2.75, 3.05) is 31.6 Å². The molecule has 1 fully saturated rings. The fourth-order valence-corrected chi connectivity index (χ4v) is 2.93. The molecule has 0 aliphatic carbocycles. The van der Waals surface area contributed by atoms with Crippen molar-refractivity contribution in [1.29, 1.82) is 0 Å². The third-order valence-electron chi connectivity index (χ3n) is 3.87. The first-order chi connectivity index (χ1) is 8.72. The Labute approximate surface area is 111 Å². The van der Waals surface area contributed by atoms with Crippen molar-refractivity contribution in [1.82, 2.24) is 4.90 Å². The quantitative estimate of drug-likeness (QED) is 0.886. The fourth-order valence-electron chi connectivity index (χ4n) is 2.93. The van der Waals surface area contributed by atoms with Crippen LogP contribution in [0.25, 0.3) is 0 Å². The van der Waals surface area contributed by atoms with E-state index in [0.717, 1.165) is 19.5 Å². The lowest BCUT2D eigenvalue weighted by molar-refractivity contribution is 0.326. The van der Waals surface area contributed by atoms with Crippen LogP contribution in [-0.2, 0) is 0 Å². The number of rotatable bonds is 3. The molecule has 1 heterocycles. The van der Waals surface area contributed by atoms with Crippen LogP contribution in [0.5, 0.6) is 0 Å². The zero-order valence-electron chi connectivity index (χ0n) is 11.5. The molecule has 0 aromatic heterocycles. The van der Waals surface area contributed by atoms with Gasteiger partial charge in [-0.2, -0.15) is 0 Å². The molecule has 3 nitrogen and oxygen atoms in total. The predicted octanol–water partition coefficient (Wildman–Crippen LogP) is 1.93. The van der Waals surface area contributed by atoms with Gasteiger partial charge in [0.1, 0.15) is 0 Å². The lowest BCUT2D eigenvalue weighted by Crippen LogP contribution is -2.45. The lowest BCUT2D eigenvalue weighted by atomic mass is 10.1. The summed E-state index contributed by atoms with van der Waals surface area (Å²) in [4.78, 5) is 5.00. The standard InChI is InChI=1S/C15H25N3/c1-13-9-11-17(2)12-15(8-10-16)18(13)14-6-4-3-5-7-14/h3-7,13,15H,8-12,16H2,1-2H3. The zero-order chi connectivity index (χ0) is 13.0. The van der Waals surface area contributed by atoms with Crippen molar-refractivity contribution in [3.8, 4) is 0 Å². The Morgan fingerprint density at radius 3 is 2.67 bits per heavy atom. The predicted molar refractivity (Wildman–Crippen MR) is 78.0 cm³/mol. The van der Waals surface area contributed by atoms with E-state index < -0.39 is 0 Å². The topological polar surface area (TPSA) is 32.5 Å². The highest BCUT2D eigenvalue weighted by Gasteiger charge is 2.27. The Bertz CT molecular complexity index is 352.